The number of H-pyrrole nitrogens is 1. The zero-order chi connectivity index (χ0) is 20.9. The Kier molecular flexibility index (Phi) is 3.23. The normalized spacial score (nSPS) is 26.3. The van der Waals surface area contributed by atoms with Gasteiger partial charge < -0.3 is 15.4 Å². The van der Waals surface area contributed by atoms with Gasteiger partial charge in [-0.25, -0.2) is 0 Å². The van der Waals surface area contributed by atoms with Crippen LogP contribution < -0.4 is 15.4 Å². The topological polar surface area (TPSA) is 84.2 Å². The van der Waals surface area contributed by atoms with Crippen molar-refractivity contribution in [2.45, 2.75) is 57.9 Å². The first-order valence-corrected chi connectivity index (χ1v) is 9.84. The lowest BCUT2D eigenvalue weighted by Crippen LogP contribution is -2.54. The van der Waals surface area contributed by atoms with Crippen molar-refractivity contribution in [3.8, 4) is 18.2 Å². The molecule has 0 saturated heterocycles. The molecular weight excluding hydrogens is 364 g/mol. The Hall–Kier alpha value is -3.20. The molecule has 2 aromatic rings. The molecule has 0 fully saturated rings. The molecule has 3 aliphatic heterocycles. The summed E-state index contributed by atoms with van der Waals surface area (Å²) in [6, 6.07) is 4.25. The Morgan fingerprint density at radius 3 is 2.79 bits per heavy atom. The first-order chi connectivity index (χ1) is 13.6. The fraction of sp³-hybridized carbons (Fsp3) is 0.391. The van der Waals surface area contributed by atoms with Gasteiger partial charge in [-0.1, -0.05) is 30.5 Å². The van der Waals surface area contributed by atoms with Crippen LogP contribution in [-0.4, -0.2) is 21.6 Å². The molecule has 2 unspecified atom stereocenters. The molecule has 6 heteroatoms. The van der Waals surface area contributed by atoms with Crippen molar-refractivity contribution in [1.82, 2.24) is 10.2 Å². The Labute approximate surface area is 170 Å². The summed E-state index contributed by atoms with van der Waals surface area (Å²) in [6.45, 7) is 10.4. The molecule has 5 rings (SSSR count). The van der Waals surface area contributed by atoms with Crippen LogP contribution in [0.2, 0.25) is 0 Å². The second-order valence-corrected chi connectivity index (χ2v) is 9.07. The zero-order valence-electron chi connectivity index (χ0n) is 17.3. The average Bonchev–Trinajstić information content (AvgIpc) is 3.11. The number of fused-ring (bicyclic) bond motifs is 3. The summed E-state index contributed by atoms with van der Waals surface area (Å²) in [5.74, 6) is 3.30. The maximum atomic E-state index is 14.4. The number of hydrogen-bond acceptors (Lipinski definition) is 4. The average molecular weight is 388 g/mol. The highest BCUT2D eigenvalue weighted by molar-refractivity contribution is 6.16. The van der Waals surface area contributed by atoms with Crippen LogP contribution in [0.1, 0.15) is 61.1 Å². The van der Waals surface area contributed by atoms with Crippen molar-refractivity contribution in [1.29, 1.82) is 0 Å². The van der Waals surface area contributed by atoms with Gasteiger partial charge in [0.05, 0.1) is 16.8 Å². The van der Waals surface area contributed by atoms with Gasteiger partial charge in [0, 0.05) is 16.8 Å². The van der Waals surface area contributed by atoms with Gasteiger partial charge in [-0.3, -0.25) is 9.89 Å². The molecule has 3 aliphatic rings. The van der Waals surface area contributed by atoms with Crippen LogP contribution in [-0.2, 0) is 10.2 Å². The summed E-state index contributed by atoms with van der Waals surface area (Å²) in [7, 11) is 0. The number of aromatic amines is 1. The summed E-state index contributed by atoms with van der Waals surface area (Å²) >= 11 is 0. The van der Waals surface area contributed by atoms with Crippen molar-refractivity contribution < 1.29 is 9.53 Å². The quantitative estimate of drug-likeness (QED) is 0.679. The van der Waals surface area contributed by atoms with Crippen LogP contribution in [0.25, 0.3) is 0 Å². The van der Waals surface area contributed by atoms with E-state index in [1.54, 1.807) is 0 Å². The predicted octanol–water partition coefficient (Wildman–Crippen LogP) is 3.14. The molecule has 29 heavy (non-hydrogen) atoms. The SMILES string of the molecule is C#CC1=C(N)Oc2n[nH]c(C)c2C12C(=O)N1c3c(cc(C)cc32)C(C)CC1(C)C. The molecular formula is C23H24N4O2. The number of nitrogens with two attached hydrogens (primary N) is 1. The molecule has 6 nitrogen and oxygen atoms in total. The third-order valence-corrected chi connectivity index (χ3v) is 6.64. The van der Waals surface area contributed by atoms with E-state index in [0.717, 1.165) is 28.9 Å². The third kappa shape index (κ3) is 1.88. The fourth-order valence-electron chi connectivity index (χ4n) is 5.68. The molecule has 1 aromatic carbocycles. The van der Waals surface area contributed by atoms with E-state index in [1.807, 2.05) is 11.8 Å². The van der Waals surface area contributed by atoms with Crippen molar-refractivity contribution in [3.05, 3.63) is 51.5 Å². The number of aryl methyl sites for hydroxylation is 2. The largest absolute Gasteiger partial charge is 0.420 e. The van der Waals surface area contributed by atoms with Crippen LogP contribution in [0.3, 0.4) is 0 Å². The number of amides is 1. The van der Waals surface area contributed by atoms with Gasteiger partial charge in [-0.2, -0.15) is 0 Å². The zero-order valence-corrected chi connectivity index (χ0v) is 17.3. The van der Waals surface area contributed by atoms with E-state index < -0.39 is 5.41 Å². The molecule has 1 amide bonds. The van der Waals surface area contributed by atoms with E-state index in [2.05, 4.69) is 55.9 Å². The lowest BCUT2D eigenvalue weighted by atomic mass is 9.68. The van der Waals surface area contributed by atoms with Gasteiger partial charge in [-0.15, -0.1) is 11.5 Å². The number of nitrogens with zero attached hydrogens (tertiary/aromatic N) is 2. The highest BCUT2D eigenvalue weighted by Gasteiger charge is 2.63. The summed E-state index contributed by atoms with van der Waals surface area (Å²) in [4.78, 5) is 16.3. The molecule has 0 saturated carbocycles. The Bertz CT molecular complexity index is 1180. The number of carbonyl (C=O) groups excluding carboxylic acids is 1. The first kappa shape index (κ1) is 17.9. The van der Waals surface area contributed by atoms with E-state index in [-0.39, 0.29) is 17.3 Å². The molecule has 2 atom stereocenters. The standard InChI is InChI=1S/C23H24N4O2/c1-7-15-19(24)29-20-17(13(4)25-26-20)23(15)16-9-11(2)8-14-12(3)10-22(5,6)27(18(14)16)21(23)28/h1,8-9,12H,10,24H2,2-6H3,(H,25,26). The highest BCUT2D eigenvalue weighted by atomic mass is 16.5. The smallest absolute Gasteiger partial charge is 0.248 e. The van der Waals surface area contributed by atoms with Gasteiger partial charge in [0.2, 0.25) is 17.7 Å². The number of nitrogens with one attached hydrogen (secondary N) is 1. The molecule has 1 spiro atoms. The highest BCUT2D eigenvalue weighted by Crippen LogP contribution is 2.61. The van der Waals surface area contributed by atoms with Crippen LogP contribution in [0, 0.1) is 26.2 Å². The van der Waals surface area contributed by atoms with Gasteiger partial charge in [0.1, 0.15) is 5.41 Å². The number of carbonyl (C=O) groups is 1. The first-order valence-electron chi connectivity index (χ1n) is 9.84. The molecule has 0 radical (unpaired) electrons. The number of anilines is 1. The molecule has 4 heterocycles. The third-order valence-electron chi connectivity index (χ3n) is 6.64. The number of aromatic nitrogens is 2. The van der Waals surface area contributed by atoms with E-state index in [1.165, 1.54) is 5.56 Å². The van der Waals surface area contributed by atoms with E-state index in [9.17, 15) is 4.79 Å². The number of hydrogen-bond donors (Lipinski definition) is 2. The van der Waals surface area contributed by atoms with Crippen molar-refractivity contribution in [2.24, 2.45) is 5.73 Å². The number of benzene rings is 1. The predicted molar refractivity (Wildman–Crippen MR) is 111 cm³/mol. The fourth-order valence-corrected chi connectivity index (χ4v) is 5.68. The maximum Gasteiger partial charge on any atom is 0.248 e. The Balaban J connectivity index is 2.00. The maximum absolute atomic E-state index is 14.4. The van der Waals surface area contributed by atoms with Crippen molar-refractivity contribution >= 4 is 11.6 Å². The van der Waals surface area contributed by atoms with Gasteiger partial charge in [0.15, 0.2) is 0 Å². The van der Waals surface area contributed by atoms with Crippen molar-refractivity contribution in [3.63, 3.8) is 0 Å². The van der Waals surface area contributed by atoms with Gasteiger partial charge in [0.25, 0.3) is 0 Å². The summed E-state index contributed by atoms with van der Waals surface area (Å²) in [5.41, 5.74) is 10.5. The second-order valence-electron chi connectivity index (χ2n) is 9.07. The molecule has 148 valence electrons. The number of ether oxygens (including phenoxy) is 1. The Morgan fingerprint density at radius 2 is 2.10 bits per heavy atom. The Morgan fingerprint density at radius 1 is 1.38 bits per heavy atom. The minimum Gasteiger partial charge on any atom is -0.420 e. The van der Waals surface area contributed by atoms with Gasteiger partial charge in [-0.05, 0) is 45.6 Å². The van der Waals surface area contributed by atoms with Crippen LogP contribution >= 0.6 is 0 Å². The van der Waals surface area contributed by atoms with E-state index >= 15 is 0 Å². The molecule has 0 aliphatic carbocycles. The van der Waals surface area contributed by atoms with Crippen molar-refractivity contribution in [2.75, 3.05) is 4.90 Å². The van der Waals surface area contributed by atoms with E-state index in [4.69, 9.17) is 16.9 Å². The lowest BCUT2D eigenvalue weighted by molar-refractivity contribution is -0.122. The molecule has 3 N–H and O–H groups in total. The number of terminal acetylenes is 1. The number of rotatable bonds is 0. The lowest BCUT2D eigenvalue weighted by Gasteiger charge is -2.44. The summed E-state index contributed by atoms with van der Waals surface area (Å²) in [5, 5.41) is 7.22. The van der Waals surface area contributed by atoms with Crippen LogP contribution in [0.15, 0.2) is 23.6 Å². The van der Waals surface area contributed by atoms with Gasteiger partial charge >= 0.3 is 0 Å². The summed E-state index contributed by atoms with van der Waals surface area (Å²) < 4.78 is 5.73. The van der Waals surface area contributed by atoms with Crippen LogP contribution in [0.5, 0.6) is 5.88 Å². The van der Waals surface area contributed by atoms with Crippen LogP contribution in [0.4, 0.5) is 5.69 Å². The minimum atomic E-state index is -1.22. The summed E-state index contributed by atoms with van der Waals surface area (Å²) in [6.07, 6.45) is 6.81. The monoisotopic (exact) mass is 388 g/mol. The molecule has 1 aromatic heterocycles. The second kappa shape index (κ2) is 5.24. The minimum absolute atomic E-state index is 0.0563. The van der Waals surface area contributed by atoms with E-state index in [0.29, 0.717) is 22.9 Å². The molecule has 0 bridgehead atoms.